The van der Waals surface area contributed by atoms with E-state index in [1.165, 1.54) is 0 Å². The normalized spacial score (nSPS) is 28.7. The Morgan fingerprint density at radius 1 is 1.43 bits per heavy atom. The Morgan fingerprint density at radius 3 is 3.10 bits per heavy atom. The Kier molecular flexibility index (Phi) is 4.12. The fourth-order valence-corrected chi connectivity index (χ4v) is 3.04. The molecule has 5 nitrogen and oxygen atoms in total. The molecule has 0 amide bonds. The van der Waals surface area contributed by atoms with Gasteiger partial charge in [-0.2, -0.15) is 0 Å². The molecule has 0 aliphatic carbocycles. The SMILES string of the molecule is Nc1cccc(CC(=O)OC2CCOC3(CCOC3)C2)c1. The van der Waals surface area contributed by atoms with Gasteiger partial charge in [-0.25, -0.2) is 0 Å². The van der Waals surface area contributed by atoms with E-state index in [9.17, 15) is 4.79 Å². The van der Waals surface area contributed by atoms with Gasteiger partial charge in [0.25, 0.3) is 0 Å². The monoisotopic (exact) mass is 291 g/mol. The predicted octanol–water partition coefficient (Wildman–Crippen LogP) is 1.69. The molecule has 114 valence electrons. The van der Waals surface area contributed by atoms with Crippen LogP contribution in [0.15, 0.2) is 24.3 Å². The number of carbonyl (C=O) groups excluding carboxylic acids is 1. The van der Waals surface area contributed by atoms with E-state index in [-0.39, 0.29) is 24.1 Å². The molecule has 2 atom stereocenters. The van der Waals surface area contributed by atoms with Crippen LogP contribution in [0.5, 0.6) is 0 Å². The van der Waals surface area contributed by atoms with Gasteiger partial charge in [0.05, 0.1) is 25.2 Å². The van der Waals surface area contributed by atoms with Gasteiger partial charge in [-0.3, -0.25) is 4.79 Å². The number of rotatable bonds is 3. The maximum Gasteiger partial charge on any atom is 0.310 e. The highest BCUT2D eigenvalue weighted by molar-refractivity contribution is 5.73. The summed E-state index contributed by atoms with van der Waals surface area (Å²) in [5.74, 6) is -0.207. The molecule has 0 bridgehead atoms. The summed E-state index contributed by atoms with van der Waals surface area (Å²) in [5.41, 5.74) is 7.02. The quantitative estimate of drug-likeness (QED) is 0.678. The molecule has 0 saturated carbocycles. The van der Waals surface area contributed by atoms with Crippen molar-refractivity contribution in [3.05, 3.63) is 29.8 Å². The van der Waals surface area contributed by atoms with Crippen molar-refractivity contribution in [2.75, 3.05) is 25.6 Å². The van der Waals surface area contributed by atoms with E-state index >= 15 is 0 Å². The molecule has 3 rings (SSSR count). The zero-order valence-electron chi connectivity index (χ0n) is 12.0. The number of esters is 1. The highest BCUT2D eigenvalue weighted by Gasteiger charge is 2.42. The summed E-state index contributed by atoms with van der Waals surface area (Å²) < 4.78 is 16.9. The van der Waals surface area contributed by atoms with Crippen LogP contribution in [0.25, 0.3) is 0 Å². The minimum atomic E-state index is -0.236. The van der Waals surface area contributed by atoms with Gasteiger partial charge >= 0.3 is 5.97 Å². The van der Waals surface area contributed by atoms with Crippen LogP contribution in [-0.4, -0.2) is 37.5 Å². The number of ether oxygens (including phenoxy) is 3. The third kappa shape index (κ3) is 3.54. The maximum absolute atomic E-state index is 12.1. The van der Waals surface area contributed by atoms with Crippen LogP contribution in [0.2, 0.25) is 0 Å². The van der Waals surface area contributed by atoms with Crippen molar-refractivity contribution < 1.29 is 19.0 Å². The number of nitrogens with two attached hydrogens (primary N) is 1. The molecular formula is C16H21NO4. The van der Waals surface area contributed by atoms with E-state index in [0.29, 0.717) is 18.9 Å². The van der Waals surface area contributed by atoms with E-state index in [0.717, 1.165) is 31.4 Å². The summed E-state index contributed by atoms with van der Waals surface area (Å²) in [5, 5.41) is 0. The summed E-state index contributed by atoms with van der Waals surface area (Å²) in [6, 6.07) is 7.33. The number of nitrogen functional groups attached to an aromatic ring is 1. The Labute approximate surface area is 124 Å². The van der Waals surface area contributed by atoms with Crippen LogP contribution < -0.4 is 5.73 Å². The van der Waals surface area contributed by atoms with E-state index in [1.807, 2.05) is 12.1 Å². The highest BCUT2D eigenvalue weighted by atomic mass is 16.6. The van der Waals surface area contributed by atoms with Crippen molar-refractivity contribution in [3.63, 3.8) is 0 Å². The van der Waals surface area contributed by atoms with Gasteiger partial charge in [-0.05, 0) is 17.7 Å². The average Bonchev–Trinajstić information content (AvgIpc) is 2.86. The van der Waals surface area contributed by atoms with Crippen molar-refractivity contribution in [2.24, 2.45) is 0 Å². The number of benzene rings is 1. The van der Waals surface area contributed by atoms with E-state index in [4.69, 9.17) is 19.9 Å². The molecule has 2 saturated heterocycles. The molecule has 2 aliphatic heterocycles. The molecule has 2 unspecified atom stereocenters. The lowest BCUT2D eigenvalue weighted by atomic mass is 9.91. The van der Waals surface area contributed by atoms with Crippen molar-refractivity contribution in [3.8, 4) is 0 Å². The third-order valence-electron chi connectivity index (χ3n) is 4.11. The third-order valence-corrected chi connectivity index (χ3v) is 4.11. The zero-order valence-corrected chi connectivity index (χ0v) is 12.0. The smallest absolute Gasteiger partial charge is 0.310 e. The molecule has 1 aromatic rings. The molecule has 1 spiro atoms. The van der Waals surface area contributed by atoms with Gasteiger partial charge in [0, 0.05) is 31.6 Å². The lowest BCUT2D eigenvalue weighted by Gasteiger charge is -2.36. The van der Waals surface area contributed by atoms with Gasteiger partial charge < -0.3 is 19.9 Å². The first-order valence-electron chi connectivity index (χ1n) is 7.41. The summed E-state index contributed by atoms with van der Waals surface area (Å²) in [7, 11) is 0. The molecule has 2 fully saturated rings. The predicted molar refractivity (Wildman–Crippen MR) is 77.8 cm³/mol. The first kappa shape index (κ1) is 14.4. The molecular weight excluding hydrogens is 270 g/mol. The van der Waals surface area contributed by atoms with Crippen molar-refractivity contribution in [1.29, 1.82) is 0 Å². The number of anilines is 1. The fraction of sp³-hybridized carbons (Fsp3) is 0.562. The number of hydrogen-bond acceptors (Lipinski definition) is 5. The van der Waals surface area contributed by atoms with E-state index in [1.54, 1.807) is 12.1 Å². The molecule has 21 heavy (non-hydrogen) atoms. The van der Waals surface area contributed by atoms with Gasteiger partial charge in [0.2, 0.25) is 0 Å². The van der Waals surface area contributed by atoms with Crippen molar-refractivity contribution in [2.45, 2.75) is 37.4 Å². The van der Waals surface area contributed by atoms with Crippen LogP contribution in [0.3, 0.4) is 0 Å². The Balaban J connectivity index is 1.55. The van der Waals surface area contributed by atoms with Crippen molar-refractivity contribution >= 4 is 11.7 Å². The second-order valence-corrected chi connectivity index (χ2v) is 5.86. The highest BCUT2D eigenvalue weighted by Crippen LogP contribution is 2.34. The minimum absolute atomic E-state index is 0.0750. The first-order valence-corrected chi connectivity index (χ1v) is 7.41. The molecule has 2 aliphatic rings. The molecule has 1 aromatic carbocycles. The van der Waals surface area contributed by atoms with Gasteiger partial charge in [0.15, 0.2) is 0 Å². The fourth-order valence-electron chi connectivity index (χ4n) is 3.04. The van der Waals surface area contributed by atoms with Crippen LogP contribution >= 0.6 is 0 Å². The minimum Gasteiger partial charge on any atom is -0.462 e. The summed E-state index contributed by atoms with van der Waals surface area (Å²) >= 11 is 0. The van der Waals surface area contributed by atoms with E-state index in [2.05, 4.69) is 0 Å². The Bertz CT molecular complexity index is 511. The van der Waals surface area contributed by atoms with Gasteiger partial charge in [-0.1, -0.05) is 12.1 Å². The summed E-state index contributed by atoms with van der Waals surface area (Å²) in [4.78, 5) is 12.1. The van der Waals surface area contributed by atoms with Crippen LogP contribution in [0, 0.1) is 0 Å². The van der Waals surface area contributed by atoms with Crippen LogP contribution in [0.1, 0.15) is 24.8 Å². The summed E-state index contributed by atoms with van der Waals surface area (Å²) in [6.45, 7) is 1.96. The Morgan fingerprint density at radius 2 is 2.33 bits per heavy atom. The summed E-state index contributed by atoms with van der Waals surface area (Å²) in [6.07, 6.45) is 2.55. The van der Waals surface area contributed by atoms with E-state index < -0.39 is 0 Å². The lowest BCUT2D eigenvalue weighted by molar-refractivity contribution is -0.165. The molecule has 0 aromatic heterocycles. The molecule has 0 radical (unpaired) electrons. The average molecular weight is 291 g/mol. The maximum atomic E-state index is 12.1. The number of carbonyl (C=O) groups is 1. The van der Waals surface area contributed by atoms with Crippen LogP contribution in [0.4, 0.5) is 5.69 Å². The molecule has 2 N–H and O–H groups in total. The zero-order chi connectivity index (χ0) is 14.7. The Hall–Kier alpha value is -1.59. The second-order valence-electron chi connectivity index (χ2n) is 5.86. The molecule has 5 heteroatoms. The lowest BCUT2D eigenvalue weighted by Crippen LogP contribution is -2.43. The van der Waals surface area contributed by atoms with Crippen molar-refractivity contribution in [1.82, 2.24) is 0 Å². The topological polar surface area (TPSA) is 70.8 Å². The van der Waals surface area contributed by atoms with Crippen LogP contribution in [-0.2, 0) is 25.4 Å². The first-order chi connectivity index (χ1) is 10.2. The van der Waals surface area contributed by atoms with Gasteiger partial charge in [-0.15, -0.1) is 0 Å². The standard InChI is InChI=1S/C16H21NO4/c17-13-3-1-2-12(8-13)9-15(18)21-14-4-6-20-16(10-14)5-7-19-11-16/h1-3,8,14H,4-7,9-11,17H2. The number of hydrogen-bond donors (Lipinski definition) is 1. The largest absolute Gasteiger partial charge is 0.462 e. The second kappa shape index (κ2) is 6.03. The van der Waals surface area contributed by atoms with Gasteiger partial charge in [0.1, 0.15) is 6.10 Å². The molecule has 2 heterocycles.